The van der Waals surface area contributed by atoms with Crippen LogP contribution in [0.5, 0.6) is 0 Å². The number of amides is 2. The van der Waals surface area contributed by atoms with Crippen LogP contribution in [0.4, 0.5) is 5.69 Å². The molecular weight excluding hydrogens is 344 g/mol. The van der Waals surface area contributed by atoms with Crippen LogP contribution in [0.2, 0.25) is 0 Å². The molecule has 0 unspecified atom stereocenters. The molecule has 1 aromatic heterocycles. The van der Waals surface area contributed by atoms with Gasteiger partial charge in [0.2, 0.25) is 5.76 Å². The van der Waals surface area contributed by atoms with E-state index >= 15 is 0 Å². The molecule has 4 rings (SSSR count). The van der Waals surface area contributed by atoms with Gasteiger partial charge in [-0.25, -0.2) is 0 Å². The van der Waals surface area contributed by atoms with E-state index in [-0.39, 0.29) is 17.6 Å². The highest BCUT2D eigenvalue weighted by Gasteiger charge is 2.27. The molecule has 1 saturated heterocycles. The fourth-order valence-electron chi connectivity index (χ4n) is 3.12. The van der Waals surface area contributed by atoms with Crippen molar-refractivity contribution in [1.82, 2.24) is 4.90 Å². The molecule has 1 aliphatic rings. The summed E-state index contributed by atoms with van der Waals surface area (Å²) >= 11 is 0. The molecule has 0 saturated carbocycles. The number of aryl methyl sites for hydroxylation is 1. The normalized spacial score (nSPS) is 14.3. The molecule has 0 atom stereocenters. The molecule has 3 aromatic rings. The maximum Gasteiger partial charge on any atom is 0.291 e. The van der Waals surface area contributed by atoms with Gasteiger partial charge in [0.1, 0.15) is 11.3 Å². The lowest BCUT2D eigenvalue weighted by atomic mass is 10.1. The first-order valence-electron chi connectivity index (χ1n) is 8.90. The Morgan fingerprint density at radius 2 is 1.70 bits per heavy atom. The summed E-state index contributed by atoms with van der Waals surface area (Å²) in [5.41, 5.74) is 2.57. The van der Waals surface area contributed by atoms with Crippen molar-refractivity contribution in [3.8, 4) is 0 Å². The third kappa shape index (κ3) is 3.44. The van der Waals surface area contributed by atoms with E-state index in [1.165, 1.54) is 0 Å². The van der Waals surface area contributed by atoms with E-state index in [4.69, 9.17) is 9.15 Å². The maximum atomic E-state index is 13.0. The van der Waals surface area contributed by atoms with E-state index in [1.54, 1.807) is 23.1 Å². The number of hydrogen-bond acceptors (Lipinski definition) is 4. The summed E-state index contributed by atoms with van der Waals surface area (Å²) in [5, 5.41) is 3.58. The molecule has 1 N–H and O–H groups in total. The lowest BCUT2D eigenvalue weighted by Gasteiger charge is -2.26. The molecule has 1 fully saturated rings. The van der Waals surface area contributed by atoms with Crippen LogP contribution in [0.1, 0.15) is 26.5 Å². The van der Waals surface area contributed by atoms with Crippen LogP contribution in [0.15, 0.2) is 52.9 Å². The van der Waals surface area contributed by atoms with Crippen molar-refractivity contribution >= 4 is 28.5 Å². The number of rotatable bonds is 3. The molecule has 0 radical (unpaired) electrons. The van der Waals surface area contributed by atoms with Gasteiger partial charge in [0.25, 0.3) is 11.8 Å². The van der Waals surface area contributed by atoms with Crippen LogP contribution in [-0.2, 0) is 4.74 Å². The number of carbonyl (C=O) groups is 2. The minimum atomic E-state index is -0.280. The van der Waals surface area contributed by atoms with Gasteiger partial charge in [-0.15, -0.1) is 0 Å². The highest BCUT2D eigenvalue weighted by Crippen LogP contribution is 2.32. The average Bonchev–Trinajstić information content (AvgIpc) is 3.07. The SMILES string of the molecule is Cc1ccc(C(=O)Nc2c(C(=O)N3CCOCC3)oc3ccccc23)cc1. The minimum Gasteiger partial charge on any atom is -0.449 e. The molecule has 2 heterocycles. The smallest absolute Gasteiger partial charge is 0.291 e. The second-order valence-corrected chi connectivity index (χ2v) is 6.53. The Morgan fingerprint density at radius 1 is 1.00 bits per heavy atom. The van der Waals surface area contributed by atoms with Crippen molar-refractivity contribution in [3.05, 3.63) is 65.4 Å². The number of morpholine rings is 1. The average molecular weight is 364 g/mol. The zero-order chi connectivity index (χ0) is 18.8. The quantitative estimate of drug-likeness (QED) is 0.772. The third-order valence-corrected chi connectivity index (χ3v) is 4.64. The number of carbonyl (C=O) groups excluding carboxylic acids is 2. The zero-order valence-electron chi connectivity index (χ0n) is 15.0. The lowest BCUT2D eigenvalue weighted by Crippen LogP contribution is -2.40. The van der Waals surface area contributed by atoms with E-state index in [0.717, 1.165) is 5.56 Å². The monoisotopic (exact) mass is 364 g/mol. The second kappa shape index (κ2) is 7.25. The number of ether oxygens (including phenoxy) is 1. The second-order valence-electron chi connectivity index (χ2n) is 6.53. The van der Waals surface area contributed by atoms with Gasteiger partial charge < -0.3 is 19.4 Å². The Kier molecular flexibility index (Phi) is 4.64. The Hall–Kier alpha value is -3.12. The van der Waals surface area contributed by atoms with Crippen molar-refractivity contribution in [3.63, 3.8) is 0 Å². The van der Waals surface area contributed by atoms with Crippen molar-refractivity contribution < 1.29 is 18.7 Å². The van der Waals surface area contributed by atoms with Gasteiger partial charge in [-0.3, -0.25) is 9.59 Å². The van der Waals surface area contributed by atoms with Gasteiger partial charge in [0, 0.05) is 24.0 Å². The summed E-state index contributed by atoms with van der Waals surface area (Å²) in [6.45, 7) is 3.96. The maximum absolute atomic E-state index is 13.0. The molecular formula is C21H20N2O4. The Balaban J connectivity index is 1.70. The summed E-state index contributed by atoms with van der Waals surface area (Å²) in [6, 6.07) is 14.6. The number of furan rings is 1. The largest absolute Gasteiger partial charge is 0.449 e. The molecule has 27 heavy (non-hydrogen) atoms. The van der Waals surface area contributed by atoms with Crippen LogP contribution >= 0.6 is 0 Å². The zero-order valence-corrected chi connectivity index (χ0v) is 15.0. The molecule has 6 heteroatoms. The molecule has 1 aliphatic heterocycles. The first kappa shape index (κ1) is 17.3. The van der Waals surface area contributed by atoms with E-state index in [1.807, 2.05) is 37.3 Å². The van der Waals surface area contributed by atoms with Gasteiger partial charge in [0.15, 0.2) is 0 Å². The molecule has 6 nitrogen and oxygen atoms in total. The van der Waals surface area contributed by atoms with Gasteiger partial charge in [-0.1, -0.05) is 29.8 Å². The standard InChI is InChI=1S/C21H20N2O4/c1-14-6-8-15(9-7-14)20(24)22-18-16-4-2-3-5-17(16)27-19(18)21(25)23-10-12-26-13-11-23/h2-9H,10-13H2,1H3,(H,22,24). The molecule has 0 bridgehead atoms. The fourth-order valence-corrected chi connectivity index (χ4v) is 3.12. The van der Waals surface area contributed by atoms with Gasteiger partial charge in [-0.05, 0) is 31.2 Å². The predicted molar refractivity (Wildman–Crippen MR) is 102 cm³/mol. The van der Waals surface area contributed by atoms with Crippen molar-refractivity contribution in [2.75, 3.05) is 31.6 Å². The summed E-state index contributed by atoms with van der Waals surface area (Å²) < 4.78 is 11.1. The minimum absolute atomic E-state index is 0.151. The summed E-state index contributed by atoms with van der Waals surface area (Å²) in [4.78, 5) is 27.4. The van der Waals surface area contributed by atoms with Crippen LogP contribution in [0, 0.1) is 6.92 Å². The first-order valence-corrected chi connectivity index (χ1v) is 8.90. The van der Waals surface area contributed by atoms with Crippen LogP contribution < -0.4 is 5.32 Å². The van der Waals surface area contributed by atoms with Crippen molar-refractivity contribution in [1.29, 1.82) is 0 Å². The summed E-state index contributed by atoms with van der Waals surface area (Å²) in [7, 11) is 0. The third-order valence-electron chi connectivity index (χ3n) is 4.64. The number of para-hydroxylation sites is 1. The number of hydrogen-bond donors (Lipinski definition) is 1. The lowest BCUT2D eigenvalue weighted by molar-refractivity contribution is 0.0285. The number of nitrogens with zero attached hydrogens (tertiary/aromatic N) is 1. The molecule has 0 spiro atoms. The molecule has 0 aliphatic carbocycles. The highest BCUT2D eigenvalue weighted by molar-refractivity contribution is 6.14. The number of benzene rings is 2. The van der Waals surface area contributed by atoms with E-state index in [2.05, 4.69) is 5.32 Å². The van der Waals surface area contributed by atoms with Crippen molar-refractivity contribution in [2.24, 2.45) is 0 Å². The highest BCUT2D eigenvalue weighted by atomic mass is 16.5. The Bertz CT molecular complexity index is 985. The predicted octanol–water partition coefficient (Wildman–Crippen LogP) is 3.47. The van der Waals surface area contributed by atoms with Crippen LogP contribution in [0.3, 0.4) is 0 Å². The summed E-state index contributed by atoms with van der Waals surface area (Å²) in [5.74, 6) is -0.371. The summed E-state index contributed by atoms with van der Waals surface area (Å²) in [6.07, 6.45) is 0. The van der Waals surface area contributed by atoms with E-state index < -0.39 is 0 Å². The molecule has 2 aromatic carbocycles. The number of fused-ring (bicyclic) bond motifs is 1. The topological polar surface area (TPSA) is 71.8 Å². The first-order chi connectivity index (χ1) is 13.1. The Morgan fingerprint density at radius 3 is 2.44 bits per heavy atom. The Labute approximate surface area is 156 Å². The fraction of sp³-hybridized carbons (Fsp3) is 0.238. The van der Waals surface area contributed by atoms with Crippen molar-refractivity contribution in [2.45, 2.75) is 6.92 Å². The van der Waals surface area contributed by atoms with Crippen LogP contribution in [0.25, 0.3) is 11.0 Å². The van der Waals surface area contributed by atoms with E-state index in [9.17, 15) is 9.59 Å². The van der Waals surface area contributed by atoms with Gasteiger partial charge >= 0.3 is 0 Å². The van der Waals surface area contributed by atoms with Gasteiger partial charge in [-0.2, -0.15) is 0 Å². The molecule has 2 amide bonds. The number of anilines is 1. The van der Waals surface area contributed by atoms with Crippen LogP contribution in [-0.4, -0.2) is 43.0 Å². The van der Waals surface area contributed by atoms with E-state index in [0.29, 0.717) is 48.5 Å². The van der Waals surface area contributed by atoms with Gasteiger partial charge in [0.05, 0.1) is 13.2 Å². The number of nitrogens with one attached hydrogen (secondary N) is 1. The molecule has 138 valence electrons.